The van der Waals surface area contributed by atoms with Crippen molar-refractivity contribution in [3.8, 4) is 5.69 Å². The van der Waals surface area contributed by atoms with Crippen molar-refractivity contribution in [2.45, 2.75) is 37.8 Å². The largest absolute Gasteiger partial charge is 0.453 e. The van der Waals surface area contributed by atoms with Gasteiger partial charge in [0.1, 0.15) is 0 Å². The van der Waals surface area contributed by atoms with E-state index in [1.54, 1.807) is 26.8 Å². The van der Waals surface area contributed by atoms with E-state index >= 15 is 0 Å². The first kappa shape index (κ1) is 20.5. The molecule has 0 saturated carbocycles. The summed E-state index contributed by atoms with van der Waals surface area (Å²) >= 11 is 0. The molecule has 0 aliphatic heterocycles. The third-order valence-electron chi connectivity index (χ3n) is 3.68. The lowest BCUT2D eigenvalue weighted by atomic mass is 10.00. The van der Waals surface area contributed by atoms with E-state index in [2.05, 4.69) is 10.1 Å². The number of benzene rings is 1. The van der Waals surface area contributed by atoms with E-state index in [1.165, 1.54) is 25.1 Å². The lowest BCUT2D eigenvalue weighted by Gasteiger charge is -2.18. The smallest absolute Gasteiger partial charge is 0.347 e. The Kier molecular flexibility index (Phi) is 5.31. The Hall–Kier alpha value is -1.81. The highest BCUT2D eigenvalue weighted by Gasteiger charge is 2.38. The van der Waals surface area contributed by atoms with E-state index in [-0.39, 0.29) is 22.4 Å². The number of aromatic nitrogens is 3. The molecular weight excluding hydrogens is 393 g/mol. The van der Waals surface area contributed by atoms with Crippen LogP contribution in [0.2, 0.25) is 0 Å². The average molecular weight is 411 g/mol. The minimum absolute atomic E-state index is 0.0874. The highest BCUT2D eigenvalue weighted by Crippen LogP contribution is 2.34. The van der Waals surface area contributed by atoms with Crippen molar-refractivity contribution in [3.63, 3.8) is 0 Å². The molecule has 0 unspecified atom stereocenters. The molecule has 0 spiro atoms. The topological polar surface area (TPSA) is 68.1 Å². The minimum atomic E-state index is -4.73. The summed E-state index contributed by atoms with van der Waals surface area (Å²) in [7, 11) is 4.45. The summed E-state index contributed by atoms with van der Waals surface area (Å²) in [5.74, 6) is -1.56. The van der Waals surface area contributed by atoms with Gasteiger partial charge >= 0.3 is 6.18 Å². The SMILES string of the molecule is Cc1cc(C(C)C)c(S(=O)(=O)Cl)cc1-n1nc(C(F)(F)F)nc1N(C)C. The molecule has 0 aliphatic carbocycles. The van der Waals surface area contributed by atoms with Gasteiger partial charge < -0.3 is 4.90 Å². The second-order valence-corrected chi connectivity index (χ2v) is 8.84. The second kappa shape index (κ2) is 6.73. The third-order valence-corrected chi connectivity index (χ3v) is 5.06. The number of hydrogen-bond donors (Lipinski definition) is 0. The quantitative estimate of drug-likeness (QED) is 0.719. The van der Waals surface area contributed by atoms with Crippen molar-refractivity contribution in [2.75, 3.05) is 19.0 Å². The number of rotatable bonds is 4. The summed E-state index contributed by atoms with van der Waals surface area (Å²) in [6.45, 7) is 5.24. The molecule has 0 fully saturated rings. The van der Waals surface area contributed by atoms with E-state index in [0.717, 1.165) is 4.68 Å². The molecule has 0 saturated heterocycles. The van der Waals surface area contributed by atoms with Crippen molar-refractivity contribution >= 4 is 25.7 Å². The van der Waals surface area contributed by atoms with Gasteiger partial charge in [-0.25, -0.2) is 8.42 Å². The van der Waals surface area contributed by atoms with E-state index in [0.29, 0.717) is 11.1 Å². The zero-order valence-electron chi connectivity index (χ0n) is 14.8. The zero-order valence-corrected chi connectivity index (χ0v) is 16.3. The normalized spacial score (nSPS) is 12.7. The predicted molar refractivity (Wildman–Crippen MR) is 92.6 cm³/mol. The summed E-state index contributed by atoms with van der Waals surface area (Å²) < 4.78 is 64.0. The van der Waals surface area contributed by atoms with Gasteiger partial charge in [0.2, 0.25) is 5.95 Å². The van der Waals surface area contributed by atoms with Crippen LogP contribution < -0.4 is 4.90 Å². The molecular formula is C15H18ClF3N4O2S. The number of aryl methyl sites for hydroxylation is 1. The molecule has 0 aliphatic rings. The summed E-state index contributed by atoms with van der Waals surface area (Å²) in [6.07, 6.45) is -4.73. The molecule has 1 aromatic heterocycles. The molecule has 1 heterocycles. The maximum absolute atomic E-state index is 13.0. The summed E-state index contributed by atoms with van der Waals surface area (Å²) in [6, 6.07) is 2.82. The van der Waals surface area contributed by atoms with E-state index in [9.17, 15) is 21.6 Å². The monoisotopic (exact) mass is 410 g/mol. The highest BCUT2D eigenvalue weighted by atomic mass is 35.7. The molecule has 2 aromatic rings. The molecule has 0 radical (unpaired) electrons. The molecule has 0 atom stereocenters. The van der Waals surface area contributed by atoms with Gasteiger partial charge in [0.05, 0.1) is 10.6 Å². The molecule has 1 aromatic carbocycles. The Labute approximate surface area is 154 Å². The molecule has 144 valence electrons. The van der Waals surface area contributed by atoms with Crippen LogP contribution in [0.5, 0.6) is 0 Å². The standard InChI is InChI=1S/C15H18ClF3N4O2S/c1-8(2)10-6-9(3)11(7-12(10)26(16,24)25)23-14(22(4)5)20-13(21-23)15(17,18)19/h6-8H,1-5H3. The molecule has 0 amide bonds. The average Bonchev–Trinajstić information content (AvgIpc) is 2.90. The summed E-state index contributed by atoms with van der Waals surface area (Å²) in [5, 5.41) is 3.53. The third kappa shape index (κ3) is 3.96. The second-order valence-electron chi connectivity index (χ2n) is 6.31. The van der Waals surface area contributed by atoms with E-state index in [1.807, 2.05) is 0 Å². The maximum atomic E-state index is 13.0. The fourth-order valence-electron chi connectivity index (χ4n) is 2.47. The number of nitrogens with zero attached hydrogens (tertiary/aromatic N) is 4. The van der Waals surface area contributed by atoms with Crippen LogP contribution in [0.1, 0.15) is 36.7 Å². The molecule has 0 bridgehead atoms. The molecule has 0 N–H and O–H groups in total. The minimum Gasteiger partial charge on any atom is -0.347 e. The van der Waals surface area contributed by atoms with Crippen LogP contribution >= 0.6 is 10.7 Å². The number of anilines is 1. The first-order valence-corrected chi connectivity index (χ1v) is 9.85. The van der Waals surface area contributed by atoms with Crippen LogP contribution in [0.15, 0.2) is 17.0 Å². The summed E-state index contributed by atoms with van der Waals surface area (Å²) in [5.41, 5.74) is 1.17. The first-order chi connectivity index (χ1) is 11.7. The summed E-state index contributed by atoms with van der Waals surface area (Å²) in [4.78, 5) is 4.71. The van der Waals surface area contributed by atoms with Gasteiger partial charge in [-0.05, 0) is 30.0 Å². The van der Waals surface area contributed by atoms with E-state index < -0.39 is 21.1 Å². The molecule has 26 heavy (non-hydrogen) atoms. The van der Waals surface area contributed by atoms with Crippen LogP contribution in [0, 0.1) is 6.92 Å². The van der Waals surface area contributed by atoms with Crippen molar-refractivity contribution in [3.05, 3.63) is 29.1 Å². The molecule has 2 rings (SSSR count). The number of alkyl halides is 3. The van der Waals surface area contributed by atoms with Gasteiger partial charge in [0.25, 0.3) is 14.9 Å². The van der Waals surface area contributed by atoms with Gasteiger partial charge in [0, 0.05) is 24.8 Å². The number of halogens is 4. The van der Waals surface area contributed by atoms with Crippen LogP contribution in [-0.2, 0) is 15.2 Å². The first-order valence-electron chi connectivity index (χ1n) is 7.54. The lowest BCUT2D eigenvalue weighted by Crippen LogP contribution is -2.16. The van der Waals surface area contributed by atoms with E-state index in [4.69, 9.17) is 10.7 Å². The van der Waals surface area contributed by atoms with Crippen molar-refractivity contribution in [1.29, 1.82) is 0 Å². The van der Waals surface area contributed by atoms with Crippen LogP contribution in [-0.4, -0.2) is 37.3 Å². The highest BCUT2D eigenvalue weighted by molar-refractivity contribution is 8.13. The van der Waals surface area contributed by atoms with Crippen LogP contribution in [0.4, 0.5) is 19.1 Å². The van der Waals surface area contributed by atoms with Crippen LogP contribution in [0.25, 0.3) is 5.69 Å². The predicted octanol–water partition coefficient (Wildman–Crippen LogP) is 3.71. The maximum Gasteiger partial charge on any atom is 0.453 e. The molecule has 11 heteroatoms. The van der Waals surface area contributed by atoms with Gasteiger partial charge in [0.15, 0.2) is 0 Å². The van der Waals surface area contributed by atoms with Crippen molar-refractivity contribution in [1.82, 2.24) is 14.8 Å². The van der Waals surface area contributed by atoms with Gasteiger partial charge in [-0.15, -0.1) is 5.10 Å². The van der Waals surface area contributed by atoms with Crippen molar-refractivity contribution in [2.24, 2.45) is 0 Å². The fourth-order valence-corrected chi connectivity index (χ4v) is 3.69. The Morgan fingerprint density at radius 1 is 1.23 bits per heavy atom. The lowest BCUT2D eigenvalue weighted by molar-refractivity contribution is -0.144. The Morgan fingerprint density at radius 3 is 2.23 bits per heavy atom. The van der Waals surface area contributed by atoms with Crippen LogP contribution in [0.3, 0.4) is 0 Å². The van der Waals surface area contributed by atoms with Gasteiger partial charge in [-0.2, -0.15) is 22.8 Å². The fraction of sp³-hybridized carbons (Fsp3) is 0.467. The van der Waals surface area contributed by atoms with Crippen molar-refractivity contribution < 1.29 is 21.6 Å². The van der Waals surface area contributed by atoms with Gasteiger partial charge in [-0.1, -0.05) is 19.9 Å². The Morgan fingerprint density at radius 2 is 1.81 bits per heavy atom. The Balaban J connectivity index is 2.83. The Bertz CT molecular complexity index is 937. The zero-order chi connectivity index (χ0) is 20.0. The van der Waals surface area contributed by atoms with Gasteiger partial charge in [-0.3, -0.25) is 0 Å². The molecule has 6 nitrogen and oxygen atoms in total. The number of hydrogen-bond acceptors (Lipinski definition) is 5.